The Hall–Kier alpha value is -2.33. The van der Waals surface area contributed by atoms with Crippen LogP contribution in [-0.2, 0) is 17.6 Å². The lowest BCUT2D eigenvalue weighted by molar-refractivity contribution is 0.118. The molecule has 1 aliphatic carbocycles. The number of aromatic nitrogens is 1. The van der Waals surface area contributed by atoms with Crippen molar-refractivity contribution in [3.05, 3.63) is 76.2 Å². The van der Waals surface area contributed by atoms with Gasteiger partial charge in [-0.1, -0.05) is 29.8 Å². The van der Waals surface area contributed by atoms with Crippen LogP contribution in [0.5, 0.6) is 0 Å². The highest BCUT2D eigenvalue weighted by Gasteiger charge is 2.32. The molecule has 4 rings (SSSR count). The summed E-state index contributed by atoms with van der Waals surface area (Å²) in [5.41, 5.74) is 5.05. The minimum atomic E-state index is -0.279. The van der Waals surface area contributed by atoms with Crippen LogP contribution in [0.15, 0.2) is 48.8 Å². The van der Waals surface area contributed by atoms with E-state index in [-0.39, 0.29) is 17.9 Å². The molecule has 4 nitrogen and oxygen atoms in total. The number of hydrogen-bond acceptors (Lipinski definition) is 3. The topological polar surface area (TPSA) is 42.4 Å². The number of fused-ring (bicyclic) bond motifs is 2. The van der Waals surface area contributed by atoms with Crippen molar-refractivity contribution in [2.75, 3.05) is 13.2 Å². The average Bonchev–Trinajstić information content (AvgIpc) is 2.85. The molecule has 1 aromatic heterocycles. The van der Waals surface area contributed by atoms with Gasteiger partial charge in [-0.25, -0.2) is 4.79 Å². The van der Waals surface area contributed by atoms with Crippen molar-refractivity contribution in [2.45, 2.75) is 32.1 Å². The third-order valence-electron chi connectivity index (χ3n) is 5.47. The standard InChI is InChI=1S/C22H23ClN2O2/c1-2-27-22(26)25-12-9-15(10-13-25)20-19-8-7-18(23)14-17(19)6-5-16-4-3-11-24-21(16)20/h3-4,7-9,11-12,14-15,20H,2,5-6,10,13H2,1H3. The molecule has 2 atom stereocenters. The van der Waals surface area contributed by atoms with Gasteiger partial charge in [0.25, 0.3) is 0 Å². The first-order valence-corrected chi connectivity index (χ1v) is 9.89. The van der Waals surface area contributed by atoms with Gasteiger partial charge in [-0.15, -0.1) is 0 Å². The van der Waals surface area contributed by atoms with Gasteiger partial charge < -0.3 is 4.74 Å². The molecule has 140 valence electrons. The molecule has 0 bridgehead atoms. The number of aryl methyl sites for hydroxylation is 2. The second kappa shape index (κ2) is 7.73. The van der Waals surface area contributed by atoms with E-state index in [0.29, 0.717) is 13.2 Å². The summed E-state index contributed by atoms with van der Waals surface area (Å²) in [5.74, 6) is 0.457. The van der Waals surface area contributed by atoms with Crippen molar-refractivity contribution in [3.63, 3.8) is 0 Å². The van der Waals surface area contributed by atoms with Crippen molar-refractivity contribution < 1.29 is 9.53 Å². The molecule has 5 heteroatoms. The van der Waals surface area contributed by atoms with E-state index in [2.05, 4.69) is 24.3 Å². The summed E-state index contributed by atoms with van der Waals surface area (Å²) in [5, 5.41) is 0.777. The Morgan fingerprint density at radius 1 is 1.30 bits per heavy atom. The summed E-state index contributed by atoms with van der Waals surface area (Å²) in [6.45, 7) is 2.87. The van der Waals surface area contributed by atoms with Gasteiger partial charge >= 0.3 is 6.09 Å². The van der Waals surface area contributed by atoms with E-state index in [1.807, 2.05) is 31.5 Å². The zero-order valence-corrected chi connectivity index (χ0v) is 16.2. The molecule has 27 heavy (non-hydrogen) atoms. The maximum atomic E-state index is 12.0. The number of benzene rings is 1. The van der Waals surface area contributed by atoms with Crippen LogP contribution in [0, 0.1) is 5.92 Å². The maximum absolute atomic E-state index is 12.0. The van der Waals surface area contributed by atoms with E-state index < -0.39 is 0 Å². The van der Waals surface area contributed by atoms with Crippen LogP contribution >= 0.6 is 11.6 Å². The molecule has 0 spiro atoms. The Labute approximate surface area is 164 Å². The molecule has 2 unspecified atom stereocenters. The molecule has 0 N–H and O–H groups in total. The number of carbonyl (C=O) groups is 1. The van der Waals surface area contributed by atoms with E-state index in [9.17, 15) is 4.79 Å². The Kier molecular flexibility index (Phi) is 5.17. The molecule has 0 saturated heterocycles. The first kappa shape index (κ1) is 18.1. The number of halogens is 1. The quantitative estimate of drug-likeness (QED) is 0.737. The van der Waals surface area contributed by atoms with E-state index in [1.165, 1.54) is 16.7 Å². The molecular formula is C22H23ClN2O2. The fourth-order valence-electron chi connectivity index (χ4n) is 4.20. The SMILES string of the molecule is CCOC(=O)N1C=CC(C2c3ccc(Cl)cc3CCc3cccnc32)CC1. The first-order chi connectivity index (χ1) is 13.2. The second-order valence-electron chi connectivity index (χ2n) is 7.05. The maximum Gasteiger partial charge on any atom is 0.413 e. The second-order valence-corrected chi connectivity index (χ2v) is 7.49. The highest BCUT2D eigenvalue weighted by atomic mass is 35.5. The molecule has 2 aliphatic rings. The summed E-state index contributed by atoms with van der Waals surface area (Å²) in [7, 11) is 0. The lowest BCUT2D eigenvalue weighted by Crippen LogP contribution is -2.33. The summed E-state index contributed by atoms with van der Waals surface area (Å²) in [4.78, 5) is 18.4. The molecule has 0 fully saturated rings. The smallest absolute Gasteiger partial charge is 0.413 e. The van der Waals surface area contributed by atoms with Crippen LogP contribution in [0.1, 0.15) is 41.6 Å². The summed E-state index contributed by atoms with van der Waals surface area (Å²) in [6.07, 6.45) is 8.42. The molecule has 2 aromatic rings. The van der Waals surface area contributed by atoms with Gasteiger partial charge in [-0.2, -0.15) is 0 Å². The van der Waals surface area contributed by atoms with Gasteiger partial charge in [0.1, 0.15) is 0 Å². The van der Waals surface area contributed by atoms with Crippen LogP contribution in [0.2, 0.25) is 5.02 Å². The minimum absolute atomic E-state index is 0.177. The van der Waals surface area contributed by atoms with E-state index in [1.54, 1.807) is 4.90 Å². The number of allylic oxidation sites excluding steroid dienone is 1. The van der Waals surface area contributed by atoms with Crippen molar-refractivity contribution in [3.8, 4) is 0 Å². The monoisotopic (exact) mass is 382 g/mol. The van der Waals surface area contributed by atoms with Gasteiger partial charge in [-0.05, 0) is 67.0 Å². The predicted molar refractivity (Wildman–Crippen MR) is 106 cm³/mol. The number of ether oxygens (including phenoxy) is 1. The Bertz CT molecular complexity index is 880. The Morgan fingerprint density at radius 3 is 2.93 bits per heavy atom. The summed E-state index contributed by atoms with van der Waals surface area (Å²) >= 11 is 6.27. The number of nitrogens with zero attached hydrogens (tertiary/aromatic N) is 2. The molecule has 0 radical (unpaired) electrons. The molecule has 1 amide bonds. The van der Waals surface area contributed by atoms with Gasteiger partial charge in [0.15, 0.2) is 0 Å². The molecule has 2 heterocycles. The van der Waals surface area contributed by atoms with E-state index >= 15 is 0 Å². The van der Waals surface area contributed by atoms with Crippen LogP contribution in [-0.4, -0.2) is 29.1 Å². The molecular weight excluding hydrogens is 360 g/mol. The van der Waals surface area contributed by atoms with Crippen LogP contribution < -0.4 is 0 Å². The Morgan fingerprint density at radius 2 is 2.15 bits per heavy atom. The van der Waals surface area contributed by atoms with E-state index in [4.69, 9.17) is 21.3 Å². The Balaban J connectivity index is 1.72. The fraction of sp³-hybridized carbons (Fsp3) is 0.364. The van der Waals surface area contributed by atoms with Gasteiger partial charge in [0.2, 0.25) is 0 Å². The lowest BCUT2D eigenvalue weighted by Gasteiger charge is -2.31. The normalized spacial score (nSPS) is 21.2. The number of pyridine rings is 1. The van der Waals surface area contributed by atoms with Crippen molar-refractivity contribution in [1.29, 1.82) is 0 Å². The van der Waals surface area contributed by atoms with Gasteiger partial charge in [0.05, 0.1) is 12.3 Å². The van der Waals surface area contributed by atoms with Crippen molar-refractivity contribution >= 4 is 17.7 Å². The molecule has 1 aromatic carbocycles. The van der Waals surface area contributed by atoms with Gasteiger partial charge in [0, 0.05) is 29.9 Å². The van der Waals surface area contributed by atoms with Crippen LogP contribution in [0.3, 0.4) is 0 Å². The average molecular weight is 383 g/mol. The number of rotatable bonds is 2. The van der Waals surface area contributed by atoms with Gasteiger partial charge in [-0.3, -0.25) is 9.88 Å². The third kappa shape index (κ3) is 3.59. The molecule has 1 aliphatic heterocycles. The number of hydrogen-bond donors (Lipinski definition) is 0. The largest absolute Gasteiger partial charge is 0.449 e. The first-order valence-electron chi connectivity index (χ1n) is 9.51. The van der Waals surface area contributed by atoms with E-state index in [0.717, 1.165) is 30.0 Å². The third-order valence-corrected chi connectivity index (χ3v) is 5.71. The van der Waals surface area contributed by atoms with Crippen molar-refractivity contribution in [2.24, 2.45) is 5.92 Å². The van der Waals surface area contributed by atoms with Crippen LogP contribution in [0.25, 0.3) is 0 Å². The highest BCUT2D eigenvalue weighted by Crippen LogP contribution is 2.41. The predicted octanol–water partition coefficient (Wildman–Crippen LogP) is 4.96. The fourth-order valence-corrected chi connectivity index (χ4v) is 4.39. The highest BCUT2D eigenvalue weighted by molar-refractivity contribution is 6.30. The summed E-state index contributed by atoms with van der Waals surface area (Å²) in [6, 6.07) is 10.4. The minimum Gasteiger partial charge on any atom is -0.449 e. The lowest BCUT2D eigenvalue weighted by atomic mass is 9.78. The van der Waals surface area contributed by atoms with Crippen LogP contribution in [0.4, 0.5) is 4.79 Å². The molecule has 0 saturated carbocycles. The van der Waals surface area contributed by atoms with Crippen molar-refractivity contribution in [1.82, 2.24) is 9.88 Å². The number of amides is 1. The number of carbonyl (C=O) groups excluding carboxylic acids is 1. The zero-order valence-electron chi connectivity index (χ0n) is 15.4. The zero-order chi connectivity index (χ0) is 18.8. The summed E-state index contributed by atoms with van der Waals surface area (Å²) < 4.78 is 5.12.